The summed E-state index contributed by atoms with van der Waals surface area (Å²) < 4.78 is 5.95. The molecule has 1 rings (SSSR count). The van der Waals surface area contributed by atoms with Gasteiger partial charge in [-0.25, -0.2) is 0 Å². The number of ether oxygens (including phenoxy) is 1. The number of rotatable bonds is 11. The van der Waals surface area contributed by atoms with Gasteiger partial charge in [-0.1, -0.05) is 26.3 Å². The molecule has 0 aromatic carbocycles. The molecule has 0 radical (unpaired) electrons. The summed E-state index contributed by atoms with van der Waals surface area (Å²) in [4.78, 5) is 1.48. The van der Waals surface area contributed by atoms with E-state index < -0.39 is 0 Å². The maximum atomic E-state index is 5.95. The fourth-order valence-electron chi connectivity index (χ4n) is 2.40. The predicted molar refractivity (Wildman–Crippen MR) is 85.0 cm³/mol. The van der Waals surface area contributed by atoms with Gasteiger partial charge in [0.2, 0.25) is 0 Å². The Morgan fingerprint density at radius 3 is 2.63 bits per heavy atom. The van der Waals surface area contributed by atoms with Crippen molar-refractivity contribution < 1.29 is 4.74 Å². The highest BCUT2D eigenvalue weighted by molar-refractivity contribution is 7.09. The molecule has 0 aliphatic heterocycles. The smallest absolute Gasteiger partial charge is 0.0727 e. The second kappa shape index (κ2) is 10.4. The molecular formula is C16H29NOS. The molecule has 0 saturated heterocycles. The van der Waals surface area contributed by atoms with Gasteiger partial charge >= 0.3 is 0 Å². The Morgan fingerprint density at radius 2 is 2.05 bits per heavy atom. The van der Waals surface area contributed by atoms with Gasteiger partial charge in [0.05, 0.1) is 6.10 Å². The Bertz CT molecular complexity index is 294. The second-order valence-electron chi connectivity index (χ2n) is 4.96. The number of hydrogen-bond acceptors (Lipinski definition) is 3. The molecule has 2 nitrogen and oxygen atoms in total. The van der Waals surface area contributed by atoms with Crippen LogP contribution in [0.5, 0.6) is 0 Å². The van der Waals surface area contributed by atoms with Crippen LogP contribution in [0.2, 0.25) is 0 Å². The Hall–Kier alpha value is -0.380. The van der Waals surface area contributed by atoms with E-state index in [-0.39, 0.29) is 0 Å². The molecule has 2 atom stereocenters. The van der Waals surface area contributed by atoms with Crippen molar-refractivity contribution in [1.29, 1.82) is 0 Å². The lowest BCUT2D eigenvalue weighted by molar-refractivity contribution is 0.0261. The van der Waals surface area contributed by atoms with Crippen LogP contribution in [-0.2, 0) is 11.2 Å². The van der Waals surface area contributed by atoms with Gasteiger partial charge in [0.25, 0.3) is 0 Å². The van der Waals surface area contributed by atoms with E-state index in [2.05, 4.69) is 43.6 Å². The summed E-state index contributed by atoms with van der Waals surface area (Å²) >= 11 is 1.86. The van der Waals surface area contributed by atoms with Gasteiger partial charge in [-0.15, -0.1) is 11.3 Å². The second-order valence-corrected chi connectivity index (χ2v) is 5.99. The zero-order valence-electron chi connectivity index (χ0n) is 12.7. The van der Waals surface area contributed by atoms with Crippen molar-refractivity contribution in [3.05, 3.63) is 22.4 Å². The lowest BCUT2D eigenvalue weighted by Gasteiger charge is -2.28. The van der Waals surface area contributed by atoms with Crippen molar-refractivity contribution in [1.82, 2.24) is 5.32 Å². The Labute approximate surface area is 122 Å². The zero-order valence-corrected chi connectivity index (χ0v) is 13.5. The monoisotopic (exact) mass is 283 g/mol. The summed E-state index contributed by atoms with van der Waals surface area (Å²) in [6.07, 6.45) is 6.22. The van der Waals surface area contributed by atoms with Crippen molar-refractivity contribution in [3.8, 4) is 0 Å². The van der Waals surface area contributed by atoms with E-state index in [1.54, 1.807) is 0 Å². The molecule has 0 spiro atoms. The van der Waals surface area contributed by atoms with Gasteiger partial charge in [-0.3, -0.25) is 0 Å². The average molecular weight is 283 g/mol. The normalized spacial score (nSPS) is 14.5. The first-order valence-corrected chi connectivity index (χ1v) is 8.57. The SMILES string of the molecule is CCCNC(CCc1cccs1)C(CCC)OCC. The van der Waals surface area contributed by atoms with E-state index in [9.17, 15) is 0 Å². The molecule has 0 saturated carbocycles. The minimum Gasteiger partial charge on any atom is -0.377 e. The highest BCUT2D eigenvalue weighted by atomic mass is 32.1. The summed E-state index contributed by atoms with van der Waals surface area (Å²) in [5.74, 6) is 0. The number of aryl methyl sites for hydroxylation is 1. The Morgan fingerprint density at radius 1 is 1.21 bits per heavy atom. The van der Waals surface area contributed by atoms with E-state index in [0.717, 1.165) is 26.0 Å². The van der Waals surface area contributed by atoms with Gasteiger partial charge < -0.3 is 10.1 Å². The van der Waals surface area contributed by atoms with E-state index >= 15 is 0 Å². The summed E-state index contributed by atoms with van der Waals surface area (Å²) in [6, 6.07) is 4.86. The van der Waals surface area contributed by atoms with Gasteiger partial charge in [-0.05, 0) is 50.6 Å². The lowest BCUT2D eigenvalue weighted by atomic mass is 10.0. The predicted octanol–water partition coefficient (Wildman–Crippen LogP) is 4.25. The molecule has 2 unspecified atom stereocenters. The molecule has 0 aliphatic carbocycles. The first-order chi connectivity index (χ1) is 9.31. The van der Waals surface area contributed by atoms with Gasteiger partial charge in [0.1, 0.15) is 0 Å². The molecule has 19 heavy (non-hydrogen) atoms. The summed E-state index contributed by atoms with van der Waals surface area (Å²) in [5, 5.41) is 5.84. The van der Waals surface area contributed by atoms with E-state index in [1.807, 2.05) is 11.3 Å². The molecule has 1 N–H and O–H groups in total. The van der Waals surface area contributed by atoms with Crippen molar-refractivity contribution >= 4 is 11.3 Å². The maximum Gasteiger partial charge on any atom is 0.0727 e. The molecule has 0 fully saturated rings. The third-order valence-corrected chi connectivity index (χ3v) is 4.28. The van der Waals surface area contributed by atoms with Crippen molar-refractivity contribution in [2.75, 3.05) is 13.2 Å². The van der Waals surface area contributed by atoms with Crippen LogP contribution in [0, 0.1) is 0 Å². The van der Waals surface area contributed by atoms with Crippen LogP contribution in [0.25, 0.3) is 0 Å². The summed E-state index contributed by atoms with van der Waals surface area (Å²) in [7, 11) is 0. The maximum absolute atomic E-state index is 5.95. The Kier molecular flexibility index (Phi) is 9.14. The molecule has 1 aromatic rings. The number of thiophene rings is 1. The number of hydrogen-bond donors (Lipinski definition) is 1. The molecule has 1 aromatic heterocycles. The standard InChI is InChI=1S/C16H29NOS/c1-4-8-16(18-6-3)15(17-12-5-2)11-10-14-9-7-13-19-14/h7,9,13,15-17H,4-6,8,10-12H2,1-3H3. The largest absolute Gasteiger partial charge is 0.377 e. The van der Waals surface area contributed by atoms with E-state index in [0.29, 0.717) is 12.1 Å². The first-order valence-electron chi connectivity index (χ1n) is 7.69. The molecular weight excluding hydrogens is 254 g/mol. The van der Waals surface area contributed by atoms with Crippen LogP contribution in [0.15, 0.2) is 17.5 Å². The minimum absolute atomic E-state index is 0.363. The third-order valence-electron chi connectivity index (χ3n) is 3.34. The fourth-order valence-corrected chi connectivity index (χ4v) is 3.13. The van der Waals surface area contributed by atoms with Crippen LogP contribution in [-0.4, -0.2) is 25.3 Å². The molecule has 3 heteroatoms. The molecule has 0 amide bonds. The highest BCUT2D eigenvalue weighted by Gasteiger charge is 2.20. The van der Waals surface area contributed by atoms with E-state index in [1.165, 1.54) is 24.1 Å². The van der Waals surface area contributed by atoms with Crippen LogP contribution in [0.3, 0.4) is 0 Å². The van der Waals surface area contributed by atoms with Crippen LogP contribution in [0.4, 0.5) is 0 Å². The third kappa shape index (κ3) is 6.55. The molecule has 0 aliphatic rings. The van der Waals surface area contributed by atoms with Crippen LogP contribution < -0.4 is 5.32 Å². The van der Waals surface area contributed by atoms with E-state index in [4.69, 9.17) is 4.74 Å². The van der Waals surface area contributed by atoms with Gasteiger partial charge in [0.15, 0.2) is 0 Å². The number of nitrogens with one attached hydrogen (secondary N) is 1. The van der Waals surface area contributed by atoms with Crippen LogP contribution in [0.1, 0.15) is 51.3 Å². The van der Waals surface area contributed by atoms with Crippen molar-refractivity contribution in [2.45, 2.75) is 65.0 Å². The fraction of sp³-hybridized carbons (Fsp3) is 0.750. The molecule has 1 heterocycles. The quantitative estimate of drug-likeness (QED) is 0.655. The highest BCUT2D eigenvalue weighted by Crippen LogP contribution is 2.17. The first kappa shape index (κ1) is 16.7. The van der Waals surface area contributed by atoms with Gasteiger partial charge in [0, 0.05) is 17.5 Å². The topological polar surface area (TPSA) is 21.3 Å². The van der Waals surface area contributed by atoms with Crippen LogP contribution >= 0.6 is 11.3 Å². The summed E-state index contributed by atoms with van der Waals surface area (Å²) in [5.41, 5.74) is 0. The minimum atomic E-state index is 0.363. The Balaban J connectivity index is 2.51. The molecule has 110 valence electrons. The average Bonchev–Trinajstić information content (AvgIpc) is 2.92. The summed E-state index contributed by atoms with van der Waals surface area (Å²) in [6.45, 7) is 8.45. The molecule has 0 bridgehead atoms. The lowest BCUT2D eigenvalue weighted by Crippen LogP contribution is -2.42. The zero-order chi connectivity index (χ0) is 13.9. The van der Waals surface area contributed by atoms with Crippen molar-refractivity contribution in [2.24, 2.45) is 0 Å². The van der Waals surface area contributed by atoms with Gasteiger partial charge in [-0.2, -0.15) is 0 Å². The van der Waals surface area contributed by atoms with Crippen molar-refractivity contribution in [3.63, 3.8) is 0 Å².